The number of hydrogen-bond acceptors (Lipinski definition) is 8. The van der Waals surface area contributed by atoms with E-state index in [0.717, 1.165) is 108 Å². The molecular weight excluding hydrogens is 1050 g/mol. The average molecular weight is 1130 g/mol. The Morgan fingerprint density at radius 1 is 0.557 bits per heavy atom. The van der Waals surface area contributed by atoms with Crippen LogP contribution in [0.3, 0.4) is 0 Å². The number of fused-ring (bicyclic) bond motifs is 5. The quantitative estimate of drug-likeness (QED) is 0.0362. The number of unbranched alkanes of at least 4 members (excludes halogenated alkanes) is 6. The Morgan fingerprint density at radius 3 is 1.86 bits per heavy atom. The van der Waals surface area contributed by atoms with E-state index in [-0.39, 0.29) is 23.0 Å². The summed E-state index contributed by atoms with van der Waals surface area (Å²) in [6.45, 7) is 21.2. The minimum absolute atomic E-state index is 0.196. The predicted molar refractivity (Wildman–Crippen MR) is 340 cm³/mol. The number of amides is 2. The van der Waals surface area contributed by atoms with Crippen LogP contribution in [0.1, 0.15) is 217 Å². The highest BCUT2D eigenvalue weighted by Crippen LogP contribution is 2.58. The van der Waals surface area contributed by atoms with Gasteiger partial charge in [-0.2, -0.15) is 0 Å². The molecule has 9 heteroatoms. The zero-order chi connectivity index (χ0) is 55.4. The standard InChI is InChI=1S/C70H83NO4S4/c1-10-17-20-21-28-40-71-67(72)60-59-61(75-62(60)68(71)73)65(79-66(59)70(9,39-13-4)48-33-26-23-27-34-48)55-43-51-58(54-38-36-50(76-54)42-46(15-6)30-19-12-3)64-52(44-56(78-64)69(8,16-7)47-31-24-22-25-32-47)57(63(51)77-55)53-37-35-49(74-53)41-45(14-5)29-18-11-2/h22-27,31-38,43-46H,10-21,28-30,39-42H2,1-9H3. The fourth-order valence-electron chi connectivity index (χ4n) is 12.7. The maximum atomic E-state index is 14.9. The van der Waals surface area contributed by atoms with Gasteiger partial charge in [0.2, 0.25) is 5.76 Å². The molecule has 0 N–H and O–H groups in total. The third-order valence-corrected chi connectivity index (χ3v) is 23.1. The molecule has 1 aliphatic rings. The van der Waals surface area contributed by atoms with Crippen LogP contribution in [0.15, 0.2) is 106 Å². The zero-order valence-corrected chi connectivity index (χ0v) is 51.8. The summed E-state index contributed by atoms with van der Waals surface area (Å²) in [7, 11) is 0. The number of thiophene rings is 4. The molecule has 416 valence electrons. The third-order valence-electron chi connectivity index (χ3n) is 17.8. The second-order valence-corrected chi connectivity index (χ2v) is 27.5. The van der Waals surface area contributed by atoms with E-state index >= 15 is 0 Å². The molecule has 9 aromatic rings. The Kier molecular flexibility index (Phi) is 18.1. The molecule has 10 rings (SSSR count). The third kappa shape index (κ3) is 11.0. The van der Waals surface area contributed by atoms with Gasteiger partial charge in [-0.1, -0.05) is 206 Å². The molecule has 4 unspecified atom stereocenters. The number of carbonyl (C=O) groups excluding carboxylic acids is 2. The number of nitrogens with zero attached hydrogens (tertiary/aromatic N) is 1. The van der Waals surface area contributed by atoms with E-state index in [0.29, 0.717) is 29.5 Å². The van der Waals surface area contributed by atoms with Gasteiger partial charge >= 0.3 is 0 Å². The van der Waals surface area contributed by atoms with Gasteiger partial charge in [0, 0.05) is 84.9 Å². The number of rotatable bonds is 28. The van der Waals surface area contributed by atoms with Crippen LogP contribution in [0, 0.1) is 11.8 Å². The van der Waals surface area contributed by atoms with Crippen molar-refractivity contribution in [3.05, 3.63) is 140 Å². The largest absolute Gasteiger partial charge is 0.461 e. The normalized spacial score (nSPS) is 15.2. The smallest absolute Gasteiger partial charge is 0.297 e. The molecule has 7 heterocycles. The molecule has 0 saturated heterocycles. The van der Waals surface area contributed by atoms with Crippen molar-refractivity contribution >= 4 is 88.3 Å². The Morgan fingerprint density at radius 2 is 1.20 bits per heavy atom. The van der Waals surface area contributed by atoms with Crippen LogP contribution in [0.4, 0.5) is 0 Å². The van der Waals surface area contributed by atoms with E-state index in [1.54, 1.807) is 11.3 Å². The summed E-state index contributed by atoms with van der Waals surface area (Å²) < 4.78 is 16.7. The van der Waals surface area contributed by atoms with E-state index in [9.17, 15) is 9.59 Å². The van der Waals surface area contributed by atoms with Gasteiger partial charge < -0.3 is 8.83 Å². The van der Waals surface area contributed by atoms with Crippen molar-refractivity contribution in [1.82, 2.24) is 4.90 Å². The lowest BCUT2D eigenvalue weighted by Gasteiger charge is -2.29. The molecule has 0 saturated carbocycles. The van der Waals surface area contributed by atoms with Gasteiger partial charge in [0.1, 0.15) is 17.1 Å². The van der Waals surface area contributed by atoms with Crippen LogP contribution in [-0.4, -0.2) is 23.3 Å². The molecule has 0 radical (unpaired) electrons. The van der Waals surface area contributed by atoms with E-state index in [1.807, 2.05) is 34.0 Å². The lowest BCUT2D eigenvalue weighted by molar-refractivity contribution is 0.0640. The average Bonchev–Trinajstić information content (AvgIpc) is 3.64. The monoisotopic (exact) mass is 1130 g/mol. The first-order valence-corrected chi connectivity index (χ1v) is 33.5. The summed E-state index contributed by atoms with van der Waals surface area (Å²) in [6.07, 6.45) is 19.6. The van der Waals surface area contributed by atoms with E-state index in [2.05, 4.69) is 159 Å². The Bertz CT molecular complexity index is 3420. The molecule has 6 aromatic heterocycles. The predicted octanol–water partition coefficient (Wildman–Crippen LogP) is 22.5. The van der Waals surface area contributed by atoms with E-state index in [1.165, 1.54) is 101 Å². The highest BCUT2D eigenvalue weighted by molar-refractivity contribution is 7.28. The lowest BCUT2D eigenvalue weighted by Crippen LogP contribution is -2.31. The Hall–Kier alpha value is -5.06. The number of furan rings is 2. The summed E-state index contributed by atoms with van der Waals surface area (Å²) in [4.78, 5) is 38.1. The van der Waals surface area contributed by atoms with E-state index in [4.69, 9.17) is 8.83 Å². The molecule has 3 aromatic carbocycles. The number of imide groups is 1. The van der Waals surface area contributed by atoms with Gasteiger partial charge in [-0.25, -0.2) is 0 Å². The number of benzene rings is 3. The highest BCUT2D eigenvalue weighted by atomic mass is 32.1. The molecule has 79 heavy (non-hydrogen) atoms. The second-order valence-electron chi connectivity index (χ2n) is 23.2. The topological polar surface area (TPSA) is 63.7 Å². The highest BCUT2D eigenvalue weighted by Gasteiger charge is 2.46. The van der Waals surface area contributed by atoms with Crippen molar-refractivity contribution < 1.29 is 18.4 Å². The molecule has 0 aliphatic carbocycles. The summed E-state index contributed by atoms with van der Waals surface area (Å²) in [5, 5.41) is 3.25. The van der Waals surface area contributed by atoms with Crippen molar-refractivity contribution in [1.29, 1.82) is 0 Å². The number of hydrogen-bond donors (Lipinski definition) is 0. The van der Waals surface area contributed by atoms with Gasteiger partial charge in [-0.3, -0.25) is 14.5 Å². The van der Waals surface area contributed by atoms with Crippen molar-refractivity contribution in [2.45, 2.75) is 189 Å². The fourth-order valence-corrected chi connectivity index (χ4v) is 18.2. The first-order valence-electron chi connectivity index (χ1n) is 30.2. The van der Waals surface area contributed by atoms with Crippen LogP contribution in [-0.2, 0) is 23.7 Å². The maximum Gasteiger partial charge on any atom is 0.297 e. The Labute approximate surface area is 486 Å². The maximum absolute atomic E-state index is 14.9. The molecule has 0 fully saturated rings. The van der Waals surface area contributed by atoms with Gasteiger partial charge in [-0.15, -0.1) is 45.3 Å². The van der Waals surface area contributed by atoms with Gasteiger partial charge in [0.05, 0.1) is 4.88 Å². The molecular formula is C70H83NO4S4. The Balaban J connectivity index is 1.24. The molecule has 2 amide bonds. The van der Waals surface area contributed by atoms with Crippen LogP contribution >= 0.6 is 45.3 Å². The molecule has 1 aliphatic heterocycles. The first-order chi connectivity index (χ1) is 38.4. The van der Waals surface area contributed by atoms with Crippen LogP contribution in [0.25, 0.3) is 62.7 Å². The molecule has 4 atom stereocenters. The van der Waals surface area contributed by atoms with Crippen molar-refractivity contribution in [3.63, 3.8) is 0 Å². The van der Waals surface area contributed by atoms with Crippen molar-refractivity contribution in [3.8, 4) is 31.5 Å². The van der Waals surface area contributed by atoms with Crippen LogP contribution in [0.5, 0.6) is 0 Å². The van der Waals surface area contributed by atoms with Gasteiger partial charge in [0.25, 0.3) is 11.8 Å². The summed E-state index contributed by atoms with van der Waals surface area (Å²) >= 11 is 7.50. The molecule has 0 bridgehead atoms. The van der Waals surface area contributed by atoms with Gasteiger partial charge in [-0.05, 0) is 85.0 Å². The summed E-state index contributed by atoms with van der Waals surface area (Å²) in [6, 6.07) is 36.1. The lowest BCUT2D eigenvalue weighted by atomic mass is 9.76. The van der Waals surface area contributed by atoms with Crippen molar-refractivity contribution in [2.75, 3.05) is 6.54 Å². The number of carbonyl (C=O) groups is 2. The van der Waals surface area contributed by atoms with Gasteiger partial charge in [0.15, 0.2) is 5.58 Å². The molecule has 5 nitrogen and oxygen atoms in total. The van der Waals surface area contributed by atoms with Crippen LogP contribution in [0.2, 0.25) is 0 Å². The SMILES string of the molecule is CCCCCCCN1C(=O)c2oc3c(-c4cc5c(-c6ccc(CC(CC)CCCC)s6)c6sc(C(C)(CC)c7ccccc7)cc6c(-c6ccc(CC(CC)CCCC)o6)c5s4)sc(C(C)(CCC)c4ccccc4)c3c2C1=O. The molecule has 0 spiro atoms. The summed E-state index contributed by atoms with van der Waals surface area (Å²) in [5.74, 6) is 2.85. The first kappa shape index (κ1) is 57.2. The van der Waals surface area contributed by atoms with Crippen molar-refractivity contribution in [2.24, 2.45) is 11.8 Å². The second kappa shape index (κ2) is 25.0. The summed E-state index contributed by atoms with van der Waals surface area (Å²) in [5.41, 5.74) is 5.37. The zero-order valence-electron chi connectivity index (χ0n) is 48.5. The van der Waals surface area contributed by atoms with Crippen LogP contribution < -0.4 is 0 Å². The fraction of sp³-hybridized carbons (Fsp3) is 0.457. The minimum atomic E-state index is -0.457. The van der Waals surface area contributed by atoms with E-state index < -0.39 is 5.41 Å². The minimum Gasteiger partial charge on any atom is -0.461 e.